The number of para-hydroxylation sites is 1. The number of halogens is 1. The first-order chi connectivity index (χ1) is 14.2. The van der Waals surface area contributed by atoms with Gasteiger partial charge in [0, 0.05) is 26.2 Å². The smallest absolute Gasteiger partial charge is 0.292 e. The Morgan fingerprint density at radius 1 is 0.966 bits per heavy atom. The Kier molecular flexibility index (Phi) is 4.65. The molecule has 1 saturated heterocycles. The van der Waals surface area contributed by atoms with Gasteiger partial charge in [-0.1, -0.05) is 29.8 Å². The molecule has 0 amide bonds. The summed E-state index contributed by atoms with van der Waals surface area (Å²) < 4.78 is 1.33. The Bertz CT molecular complexity index is 1220. The lowest BCUT2D eigenvalue weighted by atomic mass is 10.2. The van der Waals surface area contributed by atoms with Crippen molar-refractivity contribution in [3.05, 3.63) is 69.7 Å². The first-order valence-electron chi connectivity index (χ1n) is 9.24. The molecule has 9 heteroatoms. The van der Waals surface area contributed by atoms with Crippen molar-refractivity contribution in [1.29, 1.82) is 0 Å². The van der Waals surface area contributed by atoms with Crippen molar-refractivity contribution < 1.29 is 0 Å². The zero-order valence-corrected chi connectivity index (χ0v) is 17.0. The molecule has 0 spiro atoms. The molecule has 7 nitrogen and oxygen atoms in total. The Labute approximate surface area is 175 Å². The van der Waals surface area contributed by atoms with Crippen LogP contribution in [0.5, 0.6) is 0 Å². The van der Waals surface area contributed by atoms with Crippen LogP contribution in [0.3, 0.4) is 0 Å². The highest BCUT2D eigenvalue weighted by Crippen LogP contribution is 2.29. The van der Waals surface area contributed by atoms with Crippen LogP contribution < -0.4 is 15.4 Å². The summed E-state index contributed by atoms with van der Waals surface area (Å²) >= 11 is 8.07. The molecule has 3 aromatic heterocycles. The molecule has 1 fully saturated rings. The van der Waals surface area contributed by atoms with Gasteiger partial charge in [-0.3, -0.25) is 4.79 Å². The number of hydrogen-bond acceptors (Lipinski definition) is 7. The Morgan fingerprint density at radius 3 is 2.52 bits per heavy atom. The van der Waals surface area contributed by atoms with Crippen molar-refractivity contribution in [3.63, 3.8) is 0 Å². The zero-order chi connectivity index (χ0) is 19.8. The number of piperazine rings is 1. The second-order valence-electron chi connectivity index (χ2n) is 6.71. The van der Waals surface area contributed by atoms with E-state index in [1.807, 2.05) is 35.7 Å². The quantitative estimate of drug-likeness (QED) is 0.503. The van der Waals surface area contributed by atoms with E-state index in [-0.39, 0.29) is 10.6 Å². The predicted molar refractivity (Wildman–Crippen MR) is 117 cm³/mol. The molecule has 0 radical (unpaired) electrons. The highest BCUT2D eigenvalue weighted by Gasteiger charge is 2.23. The molecule has 1 aromatic carbocycles. The summed E-state index contributed by atoms with van der Waals surface area (Å²) in [6, 6.07) is 11.3. The zero-order valence-electron chi connectivity index (χ0n) is 15.4. The maximum absolute atomic E-state index is 12.8. The molecule has 0 unspecified atom stereocenters. The third kappa shape index (κ3) is 3.24. The Balaban J connectivity index is 1.38. The van der Waals surface area contributed by atoms with Gasteiger partial charge in [-0.2, -0.15) is 9.78 Å². The summed E-state index contributed by atoms with van der Waals surface area (Å²) in [4.78, 5) is 26.9. The molecule has 1 aliphatic rings. The topological polar surface area (TPSA) is 67.2 Å². The predicted octanol–water partition coefficient (Wildman–Crippen LogP) is 3.22. The normalized spacial score (nSPS) is 14.5. The van der Waals surface area contributed by atoms with E-state index in [1.54, 1.807) is 23.9 Å². The second-order valence-corrected chi connectivity index (χ2v) is 7.98. The van der Waals surface area contributed by atoms with Crippen LogP contribution in [0.25, 0.3) is 15.9 Å². The molecular formula is C20H17ClN6OS. The van der Waals surface area contributed by atoms with Gasteiger partial charge in [0.2, 0.25) is 0 Å². The fourth-order valence-electron chi connectivity index (χ4n) is 3.59. The van der Waals surface area contributed by atoms with Crippen molar-refractivity contribution in [2.45, 2.75) is 0 Å². The second kappa shape index (κ2) is 7.46. The van der Waals surface area contributed by atoms with Crippen LogP contribution in [-0.2, 0) is 0 Å². The van der Waals surface area contributed by atoms with Crippen molar-refractivity contribution >= 4 is 44.7 Å². The van der Waals surface area contributed by atoms with Crippen molar-refractivity contribution in [1.82, 2.24) is 19.7 Å². The molecule has 0 N–H and O–H groups in total. The fraction of sp³-hybridized carbons (Fsp3) is 0.200. The first kappa shape index (κ1) is 18.1. The third-order valence-corrected chi connectivity index (χ3v) is 6.24. The van der Waals surface area contributed by atoms with Gasteiger partial charge in [0.25, 0.3) is 5.56 Å². The molecule has 5 rings (SSSR count). The highest BCUT2D eigenvalue weighted by molar-refractivity contribution is 7.16. The van der Waals surface area contributed by atoms with Gasteiger partial charge >= 0.3 is 0 Å². The summed E-state index contributed by atoms with van der Waals surface area (Å²) in [6.07, 6.45) is 3.29. The van der Waals surface area contributed by atoms with E-state index in [2.05, 4.69) is 30.9 Å². The van der Waals surface area contributed by atoms with E-state index < -0.39 is 0 Å². The van der Waals surface area contributed by atoms with Crippen LogP contribution in [0.4, 0.5) is 11.5 Å². The molecule has 29 heavy (non-hydrogen) atoms. The minimum absolute atomic E-state index is 0.194. The SMILES string of the molecule is O=c1c(Cl)c(N2CCN(c3ncnc4sccc34)CC2)cnn1-c1ccccc1. The van der Waals surface area contributed by atoms with E-state index >= 15 is 0 Å². The molecular weight excluding hydrogens is 408 g/mol. The van der Waals surface area contributed by atoms with Gasteiger partial charge in [-0.05, 0) is 23.6 Å². The van der Waals surface area contributed by atoms with Gasteiger partial charge in [0.1, 0.15) is 22.0 Å². The van der Waals surface area contributed by atoms with Crippen LogP contribution in [-0.4, -0.2) is 45.9 Å². The van der Waals surface area contributed by atoms with E-state index in [0.29, 0.717) is 11.4 Å². The lowest BCUT2D eigenvalue weighted by Crippen LogP contribution is -2.47. The van der Waals surface area contributed by atoms with E-state index in [4.69, 9.17) is 11.6 Å². The number of aromatic nitrogens is 4. The molecule has 146 valence electrons. The molecule has 4 heterocycles. The van der Waals surface area contributed by atoms with Gasteiger partial charge < -0.3 is 9.80 Å². The van der Waals surface area contributed by atoms with Crippen LogP contribution in [0, 0.1) is 0 Å². The number of benzene rings is 1. The number of nitrogens with zero attached hydrogens (tertiary/aromatic N) is 6. The summed E-state index contributed by atoms with van der Waals surface area (Å²) in [5.74, 6) is 0.958. The van der Waals surface area contributed by atoms with E-state index in [1.165, 1.54) is 4.68 Å². The van der Waals surface area contributed by atoms with Crippen molar-refractivity contribution in [3.8, 4) is 5.69 Å². The van der Waals surface area contributed by atoms with Crippen molar-refractivity contribution in [2.24, 2.45) is 0 Å². The highest BCUT2D eigenvalue weighted by atomic mass is 35.5. The van der Waals surface area contributed by atoms with Gasteiger partial charge in [-0.25, -0.2) is 9.97 Å². The summed E-state index contributed by atoms with van der Waals surface area (Å²) in [5, 5.41) is 7.65. The maximum atomic E-state index is 12.8. The first-order valence-corrected chi connectivity index (χ1v) is 10.5. The molecule has 0 atom stereocenters. The minimum atomic E-state index is -0.312. The summed E-state index contributed by atoms with van der Waals surface area (Å²) in [6.45, 7) is 3.01. The molecule has 4 aromatic rings. The number of fused-ring (bicyclic) bond motifs is 1. The van der Waals surface area contributed by atoms with Gasteiger partial charge in [-0.15, -0.1) is 11.3 Å². The average molecular weight is 425 g/mol. The van der Waals surface area contributed by atoms with Crippen LogP contribution in [0.1, 0.15) is 0 Å². The van der Waals surface area contributed by atoms with Crippen molar-refractivity contribution in [2.75, 3.05) is 36.0 Å². The summed E-state index contributed by atoms with van der Waals surface area (Å²) in [7, 11) is 0. The van der Waals surface area contributed by atoms with E-state index in [9.17, 15) is 4.79 Å². The number of rotatable bonds is 3. The lowest BCUT2D eigenvalue weighted by molar-refractivity contribution is 0.644. The molecule has 0 bridgehead atoms. The lowest BCUT2D eigenvalue weighted by Gasteiger charge is -2.36. The Morgan fingerprint density at radius 2 is 1.72 bits per heavy atom. The third-order valence-electron chi connectivity index (χ3n) is 5.06. The van der Waals surface area contributed by atoms with Crippen LogP contribution in [0.2, 0.25) is 5.02 Å². The largest absolute Gasteiger partial charge is 0.365 e. The molecule has 1 aliphatic heterocycles. The van der Waals surface area contributed by atoms with Crippen LogP contribution >= 0.6 is 22.9 Å². The fourth-order valence-corrected chi connectivity index (χ4v) is 4.56. The minimum Gasteiger partial charge on any atom is -0.365 e. The number of hydrogen-bond donors (Lipinski definition) is 0. The van der Waals surface area contributed by atoms with Gasteiger partial charge in [0.05, 0.1) is 23.0 Å². The average Bonchev–Trinajstić information content (AvgIpc) is 3.25. The summed E-state index contributed by atoms with van der Waals surface area (Å²) in [5.41, 5.74) is 1.06. The van der Waals surface area contributed by atoms with Gasteiger partial charge in [0.15, 0.2) is 0 Å². The molecule has 0 aliphatic carbocycles. The standard InChI is InChI=1S/C20H17ClN6OS/c21-17-16(12-24-27(20(17)28)14-4-2-1-3-5-14)25-7-9-26(10-8-25)18-15-6-11-29-19(15)23-13-22-18/h1-6,11-13H,7-10H2. The molecule has 0 saturated carbocycles. The maximum Gasteiger partial charge on any atom is 0.292 e. The number of thiophene rings is 1. The van der Waals surface area contributed by atoms with Crippen LogP contribution in [0.15, 0.2) is 59.1 Å². The monoisotopic (exact) mass is 424 g/mol. The number of anilines is 2. The Hall–Kier alpha value is -2.97. The van der Waals surface area contributed by atoms with E-state index in [0.717, 1.165) is 42.2 Å².